The summed E-state index contributed by atoms with van der Waals surface area (Å²) in [6.07, 6.45) is 0.331. The fraction of sp³-hybridized carbons (Fsp3) is 0.438. The zero-order chi connectivity index (χ0) is 18.1. The van der Waals surface area contributed by atoms with Gasteiger partial charge in [-0.1, -0.05) is 37.6 Å². The van der Waals surface area contributed by atoms with Crippen molar-refractivity contribution in [1.82, 2.24) is 10.6 Å². The minimum atomic E-state index is -1.09. The molecule has 6 nitrogen and oxygen atoms in total. The molecule has 0 bridgehead atoms. The van der Waals surface area contributed by atoms with Crippen LogP contribution in [-0.2, 0) is 14.4 Å². The minimum absolute atomic E-state index is 0.116. The molecule has 3 N–H and O–H groups in total. The molecule has 1 atom stereocenters. The van der Waals surface area contributed by atoms with Crippen molar-refractivity contribution in [2.45, 2.75) is 31.2 Å². The number of carboxylic acid groups (broad SMARTS) is 1. The van der Waals surface area contributed by atoms with Crippen LogP contribution in [0.4, 0.5) is 0 Å². The predicted molar refractivity (Wildman–Crippen MR) is 94.2 cm³/mol. The molecular weight excluding hydrogens is 352 g/mol. The van der Waals surface area contributed by atoms with Crippen LogP contribution >= 0.6 is 23.4 Å². The van der Waals surface area contributed by atoms with E-state index in [2.05, 4.69) is 10.6 Å². The van der Waals surface area contributed by atoms with E-state index in [0.717, 1.165) is 4.90 Å². The number of hydrogen-bond donors (Lipinski definition) is 3. The molecule has 8 heteroatoms. The van der Waals surface area contributed by atoms with E-state index in [-0.39, 0.29) is 24.1 Å². The van der Waals surface area contributed by atoms with Gasteiger partial charge in [0.25, 0.3) is 0 Å². The first-order valence-electron chi connectivity index (χ1n) is 7.45. The number of amides is 2. The molecule has 0 aliphatic rings. The predicted octanol–water partition coefficient (Wildman–Crippen LogP) is 2.16. The molecular formula is C16H21ClN2O4S. The quantitative estimate of drug-likeness (QED) is 0.577. The average Bonchev–Trinajstić information content (AvgIpc) is 2.51. The first-order chi connectivity index (χ1) is 11.3. The normalized spacial score (nSPS) is 11.8. The Morgan fingerprint density at radius 1 is 1.21 bits per heavy atom. The van der Waals surface area contributed by atoms with E-state index < -0.39 is 17.9 Å². The third kappa shape index (κ3) is 7.70. The Labute approximate surface area is 150 Å². The molecule has 0 aromatic heterocycles. The molecule has 1 aromatic carbocycles. The highest BCUT2D eigenvalue weighted by molar-refractivity contribution is 8.00. The molecule has 0 saturated heterocycles. The summed E-state index contributed by atoms with van der Waals surface area (Å²) in [5, 5.41) is 14.5. The average molecular weight is 373 g/mol. The van der Waals surface area contributed by atoms with Gasteiger partial charge in [0.1, 0.15) is 6.04 Å². The summed E-state index contributed by atoms with van der Waals surface area (Å²) >= 11 is 7.26. The molecule has 1 rings (SSSR count). The van der Waals surface area contributed by atoms with Gasteiger partial charge in [0, 0.05) is 4.90 Å². The number of nitrogens with one attached hydrogen (secondary N) is 2. The SMILES string of the molecule is CC(C)C[C@H](NC(=O)CNC(=O)CSc1ccccc1Cl)C(=O)O. The van der Waals surface area contributed by atoms with Crippen LogP contribution in [-0.4, -0.2) is 41.2 Å². The number of carboxylic acids is 1. The van der Waals surface area contributed by atoms with Gasteiger partial charge in [0.2, 0.25) is 11.8 Å². The van der Waals surface area contributed by atoms with E-state index in [1.807, 2.05) is 19.9 Å². The van der Waals surface area contributed by atoms with Gasteiger partial charge in [-0.05, 0) is 24.5 Å². The number of rotatable bonds is 9. The number of thioether (sulfide) groups is 1. The lowest BCUT2D eigenvalue weighted by Gasteiger charge is -2.16. The summed E-state index contributed by atoms with van der Waals surface area (Å²) < 4.78 is 0. The van der Waals surface area contributed by atoms with Crippen LogP contribution in [0.25, 0.3) is 0 Å². The second-order valence-electron chi connectivity index (χ2n) is 5.58. The second-order valence-corrected chi connectivity index (χ2v) is 7.01. The molecule has 0 saturated carbocycles. The molecule has 0 radical (unpaired) electrons. The van der Waals surface area contributed by atoms with Crippen LogP contribution in [0.5, 0.6) is 0 Å². The van der Waals surface area contributed by atoms with Crippen molar-refractivity contribution >= 4 is 41.1 Å². The number of carbonyl (C=O) groups is 3. The zero-order valence-corrected chi connectivity index (χ0v) is 15.1. The zero-order valence-electron chi connectivity index (χ0n) is 13.5. The van der Waals surface area contributed by atoms with Crippen molar-refractivity contribution < 1.29 is 19.5 Å². The van der Waals surface area contributed by atoms with Crippen molar-refractivity contribution in [1.29, 1.82) is 0 Å². The van der Waals surface area contributed by atoms with Crippen LogP contribution in [0.1, 0.15) is 20.3 Å². The van der Waals surface area contributed by atoms with Crippen molar-refractivity contribution in [2.75, 3.05) is 12.3 Å². The van der Waals surface area contributed by atoms with Gasteiger partial charge in [0.15, 0.2) is 0 Å². The summed E-state index contributed by atoms with van der Waals surface area (Å²) in [5.41, 5.74) is 0. The fourth-order valence-corrected chi connectivity index (χ4v) is 2.94. The lowest BCUT2D eigenvalue weighted by molar-refractivity contribution is -0.142. The highest BCUT2D eigenvalue weighted by Gasteiger charge is 2.21. The van der Waals surface area contributed by atoms with E-state index in [4.69, 9.17) is 16.7 Å². The van der Waals surface area contributed by atoms with Crippen molar-refractivity contribution in [2.24, 2.45) is 5.92 Å². The van der Waals surface area contributed by atoms with Crippen molar-refractivity contribution in [3.05, 3.63) is 29.3 Å². The molecule has 24 heavy (non-hydrogen) atoms. The van der Waals surface area contributed by atoms with Gasteiger partial charge in [0.05, 0.1) is 17.3 Å². The Kier molecular flexibility index (Phi) is 8.63. The summed E-state index contributed by atoms with van der Waals surface area (Å²) in [4.78, 5) is 35.4. The van der Waals surface area contributed by atoms with Crippen LogP contribution in [0.3, 0.4) is 0 Å². The Bertz CT molecular complexity index is 595. The maximum absolute atomic E-state index is 11.8. The Balaban J connectivity index is 2.36. The monoisotopic (exact) mass is 372 g/mol. The number of halogens is 1. The summed E-state index contributed by atoms with van der Waals surface area (Å²) in [5.74, 6) is -1.69. The van der Waals surface area contributed by atoms with E-state index in [1.54, 1.807) is 18.2 Å². The number of hydrogen-bond acceptors (Lipinski definition) is 4. The molecule has 0 aliphatic carbocycles. The molecule has 0 spiro atoms. The summed E-state index contributed by atoms with van der Waals surface area (Å²) in [7, 11) is 0. The van der Waals surface area contributed by atoms with Crippen molar-refractivity contribution in [3.63, 3.8) is 0 Å². The highest BCUT2D eigenvalue weighted by Crippen LogP contribution is 2.26. The van der Waals surface area contributed by atoms with Crippen LogP contribution in [0.2, 0.25) is 5.02 Å². The Hall–Kier alpha value is -1.73. The maximum atomic E-state index is 11.8. The Morgan fingerprint density at radius 3 is 2.46 bits per heavy atom. The smallest absolute Gasteiger partial charge is 0.326 e. The topological polar surface area (TPSA) is 95.5 Å². The van der Waals surface area contributed by atoms with Crippen molar-refractivity contribution in [3.8, 4) is 0 Å². The van der Waals surface area contributed by atoms with E-state index in [9.17, 15) is 14.4 Å². The standard InChI is InChI=1S/C16H21ClN2O4S/c1-10(2)7-12(16(22)23)19-14(20)8-18-15(21)9-24-13-6-4-3-5-11(13)17/h3-6,10,12H,7-9H2,1-2H3,(H,18,21)(H,19,20)(H,22,23)/t12-/m0/s1. The molecule has 0 heterocycles. The fourth-order valence-electron chi connectivity index (χ4n) is 1.87. The van der Waals surface area contributed by atoms with Gasteiger partial charge in [-0.2, -0.15) is 0 Å². The highest BCUT2D eigenvalue weighted by atomic mass is 35.5. The molecule has 0 aliphatic heterocycles. The van der Waals surface area contributed by atoms with Gasteiger partial charge in [-0.15, -0.1) is 11.8 Å². The summed E-state index contributed by atoms with van der Waals surface area (Å²) in [6.45, 7) is 3.48. The maximum Gasteiger partial charge on any atom is 0.326 e. The summed E-state index contributed by atoms with van der Waals surface area (Å²) in [6, 6.07) is 6.20. The van der Waals surface area contributed by atoms with Gasteiger partial charge < -0.3 is 15.7 Å². The first-order valence-corrected chi connectivity index (χ1v) is 8.82. The van der Waals surface area contributed by atoms with Gasteiger partial charge >= 0.3 is 5.97 Å². The van der Waals surface area contributed by atoms with E-state index in [0.29, 0.717) is 11.4 Å². The Morgan fingerprint density at radius 2 is 1.88 bits per heavy atom. The first kappa shape index (κ1) is 20.3. The molecule has 0 unspecified atom stereocenters. The molecule has 2 amide bonds. The largest absolute Gasteiger partial charge is 0.480 e. The molecule has 1 aromatic rings. The lowest BCUT2D eigenvalue weighted by atomic mass is 10.0. The minimum Gasteiger partial charge on any atom is -0.480 e. The van der Waals surface area contributed by atoms with Gasteiger partial charge in [-0.25, -0.2) is 4.79 Å². The van der Waals surface area contributed by atoms with Crippen LogP contribution in [0.15, 0.2) is 29.2 Å². The molecule has 0 fully saturated rings. The van der Waals surface area contributed by atoms with E-state index in [1.165, 1.54) is 11.8 Å². The second kappa shape index (κ2) is 10.2. The van der Waals surface area contributed by atoms with E-state index >= 15 is 0 Å². The van der Waals surface area contributed by atoms with Crippen LogP contribution < -0.4 is 10.6 Å². The third-order valence-electron chi connectivity index (χ3n) is 2.98. The third-order valence-corrected chi connectivity index (χ3v) is 4.50. The molecule has 132 valence electrons. The number of carbonyl (C=O) groups excluding carboxylic acids is 2. The van der Waals surface area contributed by atoms with Crippen LogP contribution in [0, 0.1) is 5.92 Å². The number of aliphatic carboxylic acids is 1. The lowest BCUT2D eigenvalue weighted by Crippen LogP contribution is -2.46. The number of benzene rings is 1. The van der Waals surface area contributed by atoms with Gasteiger partial charge in [-0.3, -0.25) is 9.59 Å².